The first-order chi connectivity index (χ1) is 11.2. The van der Waals surface area contributed by atoms with E-state index < -0.39 is 0 Å². The van der Waals surface area contributed by atoms with Crippen LogP contribution in [0, 0.1) is 0 Å². The molecule has 1 fully saturated rings. The highest BCUT2D eigenvalue weighted by Gasteiger charge is 2.24. The minimum absolute atomic E-state index is 0.0922. The average molecular weight is 331 g/mol. The minimum Gasteiger partial charge on any atom is -0.490 e. The van der Waals surface area contributed by atoms with Gasteiger partial charge in [-0.1, -0.05) is 35.9 Å². The van der Waals surface area contributed by atoms with E-state index in [1.165, 1.54) is 0 Å². The zero-order valence-electron chi connectivity index (χ0n) is 12.7. The molecule has 0 saturated carbocycles. The van der Waals surface area contributed by atoms with Gasteiger partial charge in [0.15, 0.2) is 0 Å². The van der Waals surface area contributed by atoms with Crippen molar-refractivity contribution in [1.29, 1.82) is 0 Å². The molecule has 2 aromatic rings. The number of likely N-dealkylation sites (tertiary alicyclic amines) is 1. The molecule has 2 amide bonds. The molecule has 3 rings (SSSR count). The van der Waals surface area contributed by atoms with Crippen molar-refractivity contribution in [2.24, 2.45) is 0 Å². The van der Waals surface area contributed by atoms with Crippen molar-refractivity contribution in [3.05, 3.63) is 59.6 Å². The second-order valence-electron chi connectivity index (χ2n) is 5.56. The molecule has 0 unspecified atom stereocenters. The number of nitrogens with one attached hydrogen (secondary N) is 1. The summed E-state index contributed by atoms with van der Waals surface area (Å²) in [5.74, 6) is 0.884. The van der Waals surface area contributed by atoms with Crippen molar-refractivity contribution >= 4 is 23.3 Å². The topological polar surface area (TPSA) is 41.6 Å². The molecule has 1 aliphatic heterocycles. The fourth-order valence-electron chi connectivity index (χ4n) is 2.64. The molecule has 0 aromatic heterocycles. The van der Waals surface area contributed by atoms with Crippen LogP contribution in [-0.4, -0.2) is 30.1 Å². The molecule has 1 aliphatic rings. The predicted molar refractivity (Wildman–Crippen MR) is 92.1 cm³/mol. The molecule has 2 aromatic carbocycles. The molecule has 5 heteroatoms. The summed E-state index contributed by atoms with van der Waals surface area (Å²) >= 11 is 5.93. The van der Waals surface area contributed by atoms with Crippen LogP contribution >= 0.6 is 11.6 Å². The van der Waals surface area contributed by atoms with Crippen molar-refractivity contribution in [2.45, 2.75) is 18.9 Å². The number of benzene rings is 2. The Morgan fingerprint density at radius 2 is 1.83 bits per heavy atom. The molecule has 120 valence electrons. The second-order valence-corrected chi connectivity index (χ2v) is 5.99. The van der Waals surface area contributed by atoms with Crippen molar-refractivity contribution in [2.75, 3.05) is 18.4 Å². The van der Waals surface area contributed by atoms with Crippen LogP contribution in [-0.2, 0) is 0 Å². The summed E-state index contributed by atoms with van der Waals surface area (Å²) in [6, 6.07) is 16.9. The minimum atomic E-state index is -0.0922. The Balaban J connectivity index is 1.49. The molecule has 4 nitrogen and oxygen atoms in total. The fraction of sp³-hybridized carbons (Fsp3) is 0.278. The molecule has 0 bridgehead atoms. The number of urea groups is 1. The summed E-state index contributed by atoms with van der Waals surface area (Å²) in [6.07, 6.45) is 1.82. The molecule has 0 atom stereocenters. The van der Waals surface area contributed by atoms with E-state index in [-0.39, 0.29) is 12.1 Å². The van der Waals surface area contributed by atoms with Crippen LogP contribution in [0.5, 0.6) is 5.75 Å². The highest BCUT2D eigenvalue weighted by molar-refractivity contribution is 6.30. The fourth-order valence-corrected chi connectivity index (χ4v) is 2.83. The van der Waals surface area contributed by atoms with E-state index in [1.807, 2.05) is 47.4 Å². The SMILES string of the molecule is O=C(Nc1cccc(Cl)c1)N1CCC(Oc2ccccc2)CC1. The number of piperidine rings is 1. The monoisotopic (exact) mass is 330 g/mol. The third kappa shape index (κ3) is 4.39. The number of halogens is 1. The summed E-state index contributed by atoms with van der Waals surface area (Å²) in [5.41, 5.74) is 0.713. The van der Waals surface area contributed by atoms with E-state index in [4.69, 9.17) is 16.3 Å². The summed E-state index contributed by atoms with van der Waals surface area (Å²) in [7, 11) is 0. The third-order valence-electron chi connectivity index (χ3n) is 3.85. The number of nitrogens with zero attached hydrogens (tertiary/aromatic N) is 1. The van der Waals surface area contributed by atoms with Crippen molar-refractivity contribution in [3.63, 3.8) is 0 Å². The quantitative estimate of drug-likeness (QED) is 0.905. The molecule has 1 saturated heterocycles. The lowest BCUT2D eigenvalue weighted by Gasteiger charge is -2.32. The number of carbonyl (C=O) groups is 1. The van der Waals surface area contributed by atoms with E-state index in [1.54, 1.807) is 12.1 Å². The van der Waals surface area contributed by atoms with E-state index in [0.717, 1.165) is 18.6 Å². The Labute approximate surface area is 141 Å². The standard InChI is InChI=1S/C18H19ClN2O2/c19-14-5-4-6-15(13-14)20-18(22)21-11-9-17(10-12-21)23-16-7-2-1-3-8-16/h1-8,13,17H,9-12H2,(H,20,22). The number of anilines is 1. The summed E-state index contributed by atoms with van der Waals surface area (Å²) in [6.45, 7) is 1.37. The molecular formula is C18H19ClN2O2. The zero-order valence-corrected chi connectivity index (χ0v) is 13.5. The maximum Gasteiger partial charge on any atom is 0.321 e. The molecule has 1 heterocycles. The van der Waals surface area contributed by atoms with Crippen LogP contribution in [0.15, 0.2) is 54.6 Å². The highest BCUT2D eigenvalue weighted by atomic mass is 35.5. The molecule has 1 N–H and O–H groups in total. The summed E-state index contributed by atoms with van der Waals surface area (Å²) in [4.78, 5) is 14.1. The molecule has 0 spiro atoms. The zero-order chi connectivity index (χ0) is 16.1. The number of hydrogen-bond acceptors (Lipinski definition) is 2. The molecule has 0 radical (unpaired) electrons. The molecular weight excluding hydrogens is 312 g/mol. The van der Waals surface area contributed by atoms with E-state index >= 15 is 0 Å². The van der Waals surface area contributed by atoms with Crippen LogP contribution in [0.3, 0.4) is 0 Å². The van der Waals surface area contributed by atoms with Gasteiger partial charge in [0.05, 0.1) is 0 Å². The largest absolute Gasteiger partial charge is 0.490 e. The van der Waals surface area contributed by atoms with Gasteiger partial charge in [-0.05, 0) is 30.3 Å². The van der Waals surface area contributed by atoms with Gasteiger partial charge in [-0.3, -0.25) is 0 Å². The van der Waals surface area contributed by atoms with Gasteiger partial charge < -0.3 is 15.0 Å². The molecule has 0 aliphatic carbocycles. The maximum absolute atomic E-state index is 12.3. The predicted octanol–water partition coefficient (Wildman–Crippen LogP) is 4.42. The number of para-hydroxylation sites is 1. The van der Waals surface area contributed by atoms with Gasteiger partial charge in [0.25, 0.3) is 0 Å². The number of carbonyl (C=O) groups excluding carboxylic acids is 1. The first kappa shape index (κ1) is 15.7. The van der Waals surface area contributed by atoms with Gasteiger partial charge >= 0.3 is 6.03 Å². The Kier molecular flexibility index (Phi) is 5.03. The lowest BCUT2D eigenvalue weighted by Crippen LogP contribution is -2.43. The van der Waals surface area contributed by atoms with Gasteiger partial charge in [0.2, 0.25) is 0 Å². The van der Waals surface area contributed by atoms with Gasteiger partial charge in [0, 0.05) is 36.6 Å². The van der Waals surface area contributed by atoms with Crippen molar-refractivity contribution in [3.8, 4) is 5.75 Å². The number of amides is 2. The average Bonchev–Trinajstić information content (AvgIpc) is 2.56. The van der Waals surface area contributed by atoms with Crippen LogP contribution in [0.1, 0.15) is 12.8 Å². The highest BCUT2D eigenvalue weighted by Crippen LogP contribution is 2.20. The normalized spacial score (nSPS) is 15.3. The number of hydrogen-bond donors (Lipinski definition) is 1. The Hall–Kier alpha value is -2.20. The van der Waals surface area contributed by atoms with Gasteiger partial charge in [-0.25, -0.2) is 4.79 Å². The van der Waals surface area contributed by atoms with E-state index in [9.17, 15) is 4.79 Å². The maximum atomic E-state index is 12.3. The summed E-state index contributed by atoms with van der Waals surface area (Å²) < 4.78 is 5.94. The Morgan fingerprint density at radius 3 is 2.52 bits per heavy atom. The lowest BCUT2D eigenvalue weighted by molar-refractivity contribution is 0.115. The van der Waals surface area contributed by atoms with E-state index in [0.29, 0.717) is 23.8 Å². The first-order valence-electron chi connectivity index (χ1n) is 7.74. The first-order valence-corrected chi connectivity index (χ1v) is 8.12. The molecule has 23 heavy (non-hydrogen) atoms. The van der Waals surface area contributed by atoms with Crippen LogP contribution < -0.4 is 10.1 Å². The summed E-state index contributed by atoms with van der Waals surface area (Å²) in [5, 5.41) is 3.49. The third-order valence-corrected chi connectivity index (χ3v) is 4.09. The Bertz CT molecular complexity index is 655. The number of ether oxygens (including phenoxy) is 1. The Morgan fingerprint density at radius 1 is 1.09 bits per heavy atom. The van der Waals surface area contributed by atoms with E-state index in [2.05, 4.69) is 5.32 Å². The smallest absolute Gasteiger partial charge is 0.321 e. The second kappa shape index (κ2) is 7.38. The van der Waals surface area contributed by atoms with Crippen LogP contribution in [0.2, 0.25) is 5.02 Å². The van der Waals surface area contributed by atoms with Crippen LogP contribution in [0.4, 0.5) is 10.5 Å². The number of rotatable bonds is 3. The van der Waals surface area contributed by atoms with Crippen molar-refractivity contribution < 1.29 is 9.53 Å². The van der Waals surface area contributed by atoms with Gasteiger partial charge in [-0.2, -0.15) is 0 Å². The van der Waals surface area contributed by atoms with Gasteiger partial charge in [0.1, 0.15) is 11.9 Å². The van der Waals surface area contributed by atoms with Crippen molar-refractivity contribution in [1.82, 2.24) is 4.90 Å². The lowest BCUT2D eigenvalue weighted by atomic mass is 10.1. The van der Waals surface area contributed by atoms with Gasteiger partial charge in [-0.15, -0.1) is 0 Å². The van der Waals surface area contributed by atoms with Crippen LogP contribution in [0.25, 0.3) is 0 Å².